The van der Waals surface area contributed by atoms with E-state index in [1.54, 1.807) is 12.1 Å². The highest BCUT2D eigenvalue weighted by molar-refractivity contribution is 5.55. The first-order chi connectivity index (χ1) is 15.2. The number of hydrogen-bond acceptors (Lipinski definition) is 5. The van der Waals surface area contributed by atoms with Crippen molar-refractivity contribution in [2.24, 2.45) is 0 Å². The summed E-state index contributed by atoms with van der Waals surface area (Å²) in [6.45, 7) is 7.99. The maximum atomic E-state index is 13.2. The highest BCUT2D eigenvalue weighted by Gasteiger charge is 2.16. The fraction of sp³-hybridized carbons (Fsp3) is 0.360. The van der Waals surface area contributed by atoms with E-state index >= 15 is 0 Å². The van der Waals surface area contributed by atoms with Crippen molar-refractivity contribution in [1.29, 1.82) is 0 Å². The molecule has 0 unspecified atom stereocenters. The van der Waals surface area contributed by atoms with Crippen molar-refractivity contribution in [3.8, 4) is 17.3 Å². The molecule has 1 saturated heterocycles. The second-order valence-corrected chi connectivity index (χ2v) is 7.90. The molecule has 0 spiro atoms. The number of ether oxygens (including phenoxy) is 1. The van der Waals surface area contributed by atoms with Gasteiger partial charge in [0, 0.05) is 49.2 Å². The first kappa shape index (κ1) is 21.2. The smallest absolute Gasteiger partial charge is 0.217 e. The van der Waals surface area contributed by atoms with Gasteiger partial charge in [0.1, 0.15) is 5.82 Å². The molecule has 1 aromatic heterocycles. The molecule has 6 heteroatoms. The van der Waals surface area contributed by atoms with Crippen LogP contribution < -0.4 is 9.64 Å². The van der Waals surface area contributed by atoms with E-state index in [-0.39, 0.29) is 5.82 Å². The molecule has 0 saturated carbocycles. The number of aromatic nitrogens is 2. The van der Waals surface area contributed by atoms with Gasteiger partial charge in [-0.25, -0.2) is 9.37 Å². The summed E-state index contributed by atoms with van der Waals surface area (Å²) in [5.74, 6) is 0.865. The maximum absolute atomic E-state index is 13.2. The van der Waals surface area contributed by atoms with Crippen molar-refractivity contribution in [1.82, 2.24) is 14.9 Å². The molecule has 0 radical (unpaired) electrons. The molecule has 31 heavy (non-hydrogen) atoms. The van der Waals surface area contributed by atoms with E-state index in [9.17, 15) is 4.39 Å². The van der Waals surface area contributed by atoms with E-state index in [2.05, 4.69) is 50.1 Å². The van der Waals surface area contributed by atoms with E-state index in [4.69, 9.17) is 4.74 Å². The van der Waals surface area contributed by atoms with E-state index in [0.717, 1.165) is 56.8 Å². The molecule has 0 N–H and O–H groups in total. The summed E-state index contributed by atoms with van der Waals surface area (Å²) in [6, 6.07) is 18.7. The number of unbranched alkanes of at least 4 members (excludes halogenated alkanes) is 1. The minimum atomic E-state index is -0.269. The third-order valence-electron chi connectivity index (χ3n) is 5.55. The van der Waals surface area contributed by atoms with Gasteiger partial charge in [-0.2, -0.15) is 4.98 Å². The molecule has 2 heterocycles. The summed E-state index contributed by atoms with van der Waals surface area (Å²) < 4.78 is 19.0. The van der Waals surface area contributed by atoms with Crippen molar-refractivity contribution in [2.75, 3.05) is 44.2 Å². The lowest BCUT2D eigenvalue weighted by atomic mass is 10.2. The quantitative estimate of drug-likeness (QED) is 0.499. The zero-order chi connectivity index (χ0) is 21.5. The Bertz CT molecular complexity index is 957. The van der Waals surface area contributed by atoms with E-state index in [1.165, 1.54) is 17.8 Å². The van der Waals surface area contributed by atoms with Crippen LogP contribution in [0.2, 0.25) is 0 Å². The molecule has 1 aliphatic heterocycles. The molecule has 5 nitrogen and oxygen atoms in total. The lowest BCUT2D eigenvalue weighted by Gasteiger charge is -2.36. The molecule has 0 aliphatic carbocycles. The van der Waals surface area contributed by atoms with Crippen LogP contribution in [0.3, 0.4) is 0 Å². The minimum absolute atomic E-state index is 0.269. The largest absolute Gasteiger partial charge is 0.478 e. The Morgan fingerprint density at radius 1 is 0.903 bits per heavy atom. The third-order valence-corrected chi connectivity index (χ3v) is 5.55. The molecule has 0 amide bonds. The van der Waals surface area contributed by atoms with E-state index in [1.807, 2.05) is 13.0 Å². The average molecular weight is 421 g/mol. The average Bonchev–Trinajstić information content (AvgIpc) is 2.80. The lowest BCUT2D eigenvalue weighted by Crippen LogP contribution is -2.46. The Kier molecular flexibility index (Phi) is 7.10. The second kappa shape index (κ2) is 10.4. The Morgan fingerprint density at radius 2 is 1.65 bits per heavy atom. The fourth-order valence-electron chi connectivity index (χ4n) is 3.82. The monoisotopic (exact) mass is 420 g/mol. The zero-order valence-corrected chi connectivity index (χ0v) is 18.0. The molecule has 3 aromatic rings. The predicted molar refractivity (Wildman–Crippen MR) is 122 cm³/mol. The number of rotatable bonds is 8. The predicted octanol–water partition coefficient (Wildman–Crippen LogP) is 4.57. The van der Waals surface area contributed by atoms with Crippen molar-refractivity contribution in [3.63, 3.8) is 0 Å². The van der Waals surface area contributed by atoms with Gasteiger partial charge in [-0.3, -0.25) is 4.90 Å². The molecular weight excluding hydrogens is 391 g/mol. The van der Waals surface area contributed by atoms with Gasteiger partial charge in [-0.05, 0) is 62.7 Å². The molecule has 162 valence electrons. The number of para-hydroxylation sites is 1. The van der Waals surface area contributed by atoms with Gasteiger partial charge in [0.2, 0.25) is 5.88 Å². The first-order valence-electron chi connectivity index (χ1n) is 10.9. The summed E-state index contributed by atoms with van der Waals surface area (Å²) >= 11 is 0. The standard InChI is InChI=1S/C25H29FN4O/c1-20-19-24(28-25(27-20)21-9-11-22(26)12-10-21)31-18-6-5-13-29-14-16-30(17-15-29)23-7-3-2-4-8-23/h2-4,7-12,19H,5-6,13-18H2,1H3. The van der Waals surface area contributed by atoms with Crippen molar-refractivity contribution in [2.45, 2.75) is 19.8 Å². The van der Waals surface area contributed by atoms with E-state index < -0.39 is 0 Å². The van der Waals surface area contributed by atoms with Crippen LogP contribution in [0.5, 0.6) is 5.88 Å². The molecular formula is C25H29FN4O. The summed E-state index contributed by atoms with van der Waals surface area (Å²) in [4.78, 5) is 13.9. The normalized spacial score (nSPS) is 14.6. The Morgan fingerprint density at radius 3 is 2.39 bits per heavy atom. The van der Waals surface area contributed by atoms with Crippen molar-refractivity contribution in [3.05, 3.63) is 72.2 Å². The maximum Gasteiger partial charge on any atom is 0.217 e. The van der Waals surface area contributed by atoms with Crippen LogP contribution in [0.25, 0.3) is 11.4 Å². The number of aryl methyl sites for hydroxylation is 1. The third kappa shape index (κ3) is 6.01. The number of hydrogen-bond donors (Lipinski definition) is 0. The second-order valence-electron chi connectivity index (χ2n) is 7.90. The van der Waals surface area contributed by atoms with Gasteiger partial charge in [0.05, 0.1) is 6.61 Å². The van der Waals surface area contributed by atoms with Crippen LogP contribution in [0.15, 0.2) is 60.7 Å². The molecule has 0 atom stereocenters. The number of piperazine rings is 1. The Balaban J connectivity index is 1.19. The zero-order valence-electron chi connectivity index (χ0n) is 18.0. The van der Waals surface area contributed by atoms with Gasteiger partial charge in [0.15, 0.2) is 5.82 Å². The molecule has 1 fully saturated rings. The van der Waals surface area contributed by atoms with Gasteiger partial charge < -0.3 is 9.64 Å². The minimum Gasteiger partial charge on any atom is -0.478 e. The summed E-state index contributed by atoms with van der Waals surface area (Å²) in [6.07, 6.45) is 2.08. The number of benzene rings is 2. The van der Waals surface area contributed by atoms with Crippen molar-refractivity contribution < 1.29 is 9.13 Å². The van der Waals surface area contributed by atoms with Crippen LogP contribution in [0.4, 0.5) is 10.1 Å². The summed E-state index contributed by atoms with van der Waals surface area (Å²) in [5.41, 5.74) is 2.93. The van der Waals surface area contributed by atoms with Crippen LogP contribution in [0, 0.1) is 12.7 Å². The van der Waals surface area contributed by atoms with Crippen LogP contribution in [-0.2, 0) is 0 Å². The Hall–Kier alpha value is -2.99. The lowest BCUT2D eigenvalue weighted by molar-refractivity contribution is 0.236. The SMILES string of the molecule is Cc1cc(OCCCCN2CCN(c3ccccc3)CC2)nc(-c2ccc(F)cc2)n1. The van der Waals surface area contributed by atoms with Gasteiger partial charge in [-0.1, -0.05) is 18.2 Å². The fourth-order valence-corrected chi connectivity index (χ4v) is 3.82. The molecule has 1 aliphatic rings. The number of halogens is 1. The molecule has 4 rings (SSSR count). The summed E-state index contributed by atoms with van der Waals surface area (Å²) in [7, 11) is 0. The highest BCUT2D eigenvalue weighted by Crippen LogP contribution is 2.20. The van der Waals surface area contributed by atoms with Crippen LogP contribution in [-0.4, -0.2) is 54.2 Å². The summed E-state index contributed by atoms with van der Waals surface area (Å²) in [5, 5.41) is 0. The van der Waals surface area contributed by atoms with Crippen LogP contribution >= 0.6 is 0 Å². The number of nitrogens with zero attached hydrogens (tertiary/aromatic N) is 4. The first-order valence-corrected chi connectivity index (χ1v) is 10.9. The van der Waals surface area contributed by atoms with Crippen LogP contribution in [0.1, 0.15) is 18.5 Å². The van der Waals surface area contributed by atoms with Gasteiger partial charge in [-0.15, -0.1) is 0 Å². The molecule has 2 aromatic carbocycles. The van der Waals surface area contributed by atoms with E-state index in [0.29, 0.717) is 18.3 Å². The van der Waals surface area contributed by atoms with Gasteiger partial charge in [0.25, 0.3) is 0 Å². The Labute approximate surface area is 183 Å². The van der Waals surface area contributed by atoms with Gasteiger partial charge >= 0.3 is 0 Å². The number of anilines is 1. The molecule has 0 bridgehead atoms. The van der Waals surface area contributed by atoms with Crippen molar-refractivity contribution >= 4 is 5.69 Å². The topological polar surface area (TPSA) is 41.5 Å². The highest BCUT2D eigenvalue weighted by atomic mass is 19.1.